The van der Waals surface area contributed by atoms with E-state index in [2.05, 4.69) is 5.10 Å². The summed E-state index contributed by atoms with van der Waals surface area (Å²) in [5, 5.41) is 13.8. The molecule has 1 aromatic carbocycles. The van der Waals surface area contributed by atoms with Gasteiger partial charge in [-0.25, -0.2) is 4.79 Å². The Hall–Kier alpha value is -2.22. The highest BCUT2D eigenvalue weighted by atomic mass is 31.2. The number of fused-ring (bicyclic) bond motifs is 1. The van der Waals surface area contributed by atoms with E-state index in [1.807, 2.05) is 0 Å². The van der Waals surface area contributed by atoms with Gasteiger partial charge in [0.15, 0.2) is 5.69 Å². The molecule has 1 aromatic heterocycles. The molecule has 0 amide bonds. The molecule has 142 valence electrons. The molecule has 10 heteroatoms. The van der Waals surface area contributed by atoms with Crippen molar-refractivity contribution in [1.29, 1.82) is 0 Å². The quantitative estimate of drug-likeness (QED) is 0.516. The predicted molar refractivity (Wildman–Crippen MR) is 93.8 cm³/mol. The van der Waals surface area contributed by atoms with Crippen LogP contribution in [0.5, 0.6) is 0 Å². The van der Waals surface area contributed by atoms with Crippen molar-refractivity contribution in [1.82, 2.24) is 9.78 Å². The summed E-state index contributed by atoms with van der Waals surface area (Å²) >= 11 is 0. The van der Waals surface area contributed by atoms with Gasteiger partial charge in [0.1, 0.15) is 6.54 Å². The minimum absolute atomic E-state index is 0.00250. The molecule has 9 nitrogen and oxygen atoms in total. The van der Waals surface area contributed by atoms with E-state index in [4.69, 9.17) is 18.9 Å². The summed E-state index contributed by atoms with van der Waals surface area (Å²) < 4.78 is 29.7. The molecule has 1 heterocycles. The zero-order chi connectivity index (χ0) is 19.3. The largest absolute Gasteiger partial charge is 0.480 e. The Labute approximate surface area is 150 Å². The maximum atomic E-state index is 13.0. The molecule has 2 rings (SSSR count). The van der Waals surface area contributed by atoms with Gasteiger partial charge in [-0.15, -0.1) is 0 Å². The normalized spacial score (nSPS) is 11.7. The molecule has 0 aliphatic rings. The van der Waals surface area contributed by atoms with Crippen molar-refractivity contribution in [3.63, 3.8) is 0 Å². The van der Waals surface area contributed by atoms with Gasteiger partial charge in [-0.3, -0.25) is 14.0 Å². The molecular formula is C16H21N2O7P. The summed E-state index contributed by atoms with van der Waals surface area (Å²) in [6.07, 6.45) is 0. The van der Waals surface area contributed by atoms with Crippen molar-refractivity contribution < 1.29 is 33.0 Å². The maximum Gasteiger partial charge on any atom is 0.361 e. The van der Waals surface area contributed by atoms with Gasteiger partial charge < -0.3 is 18.9 Å². The molecule has 0 spiro atoms. The van der Waals surface area contributed by atoms with Gasteiger partial charge in [0, 0.05) is 5.39 Å². The van der Waals surface area contributed by atoms with Crippen molar-refractivity contribution in [2.45, 2.75) is 27.3 Å². The van der Waals surface area contributed by atoms with Crippen molar-refractivity contribution in [2.24, 2.45) is 0 Å². The van der Waals surface area contributed by atoms with Crippen molar-refractivity contribution >= 4 is 35.7 Å². The highest BCUT2D eigenvalue weighted by molar-refractivity contribution is 7.62. The number of carboxylic acid groups (broad SMARTS) is 1. The lowest BCUT2D eigenvalue weighted by Gasteiger charge is -2.17. The smallest absolute Gasteiger partial charge is 0.361 e. The number of hydrogen-bond donors (Lipinski definition) is 1. The van der Waals surface area contributed by atoms with Crippen LogP contribution in [-0.4, -0.2) is 46.6 Å². The number of nitrogens with zero attached hydrogens (tertiary/aromatic N) is 2. The summed E-state index contributed by atoms with van der Waals surface area (Å²) in [6, 6.07) is 4.52. The fraction of sp³-hybridized carbons (Fsp3) is 0.438. The molecule has 2 aromatic rings. The predicted octanol–water partition coefficient (Wildman–Crippen LogP) is 2.19. The lowest BCUT2D eigenvalue weighted by atomic mass is 10.2. The van der Waals surface area contributed by atoms with Crippen molar-refractivity contribution in [2.75, 3.05) is 19.8 Å². The number of carbonyl (C=O) groups is 2. The minimum Gasteiger partial charge on any atom is -0.480 e. The van der Waals surface area contributed by atoms with E-state index in [0.29, 0.717) is 10.9 Å². The van der Waals surface area contributed by atoms with Crippen LogP contribution in [0.1, 0.15) is 31.3 Å². The first kappa shape index (κ1) is 20.1. The summed E-state index contributed by atoms with van der Waals surface area (Å²) in [5.74, 6) is -1.79. The second-order valence-electron chi connectivity index (χ2n) is 5.15. The lowest BCUT2D eigenvalue weighted by Crippen LogP contribution is -2.13. The SMILES string of the molecule is CCOC(=O)c1nn(CC(=O)O)c2cc(P(=O)(OCC)OCC)ccc12. The van der Waals surface area contributed by atoms with Crippen LogP contribution in [0.25, 0.3) is 10.9 Å². The Balaban J connectivity index is 2.63. The summed E-state index contributed by atoms with van der Waals surface area (Å²) in [5.41, 5.74) is 0.324. The molecule has 0 atom stereocenters. The van der Waals surface area contributed by atoms with Gasteiger partial charge >= 0.3 is 19.5 Å². The van der Waals surface area contributed by atoms with E-state index in [1.165, 1.54) is 18.2 Å². The number of rotatable bonds is 9. The third-order valence-corrected chi connectivity index (χ3v) is 5.51. The Kier molecular flexibility index (Phi) is 6.52. The molecule has 0 fully saturated rings. The molecular weight excluding hydrogens is 363 g/mol. The van der Waals surface area contributed by atoms with E-state index in [0.717, 1.165) is 4.68 Å². The molecule has 0 aliphatic heterocycles. The van der Waals surface area contributed by atoms with Gasteiger partial charge in [0.25, 0.3) is 0 Å². The minimum atomic E-state index is -3.56. The molecule has 0 unspecified atom stereocenters. The van der Waals surface area contributed by atoms with Crippen LogP contribution in [0.15, 0.2) is 18.2 Å². The zero-order valence-corrected chi connectivity index (χ0v) is 15.7. The fourth-order valence-corrected chi connectivity index (χ4v) is 4.05. The van der Waals surface area contributed by atoms with E-state index < -0.39 is 26.1 Å². The first-order valence-corrected chi connectivity index (χ1v) is 9.69. The lowest BCUT2D eigenvalue weighted by molar-refractivity contribution is -0.137. The van der Waals surface area contributed by atoms with Gasteiger partial charge in [-0.1, -0.05) is 0 Å². The van der Waals surface area contributed by atoms with E-state index in [9.17, 15) is 14.2 Å². The maximum absolute atomic E-state index is 13.0. The highest BCUT2D eigenvalue weighted by Crippen LogP contribution is 2.47. The zero-order valence-electron chi connectivity index (χ0n) is 14.8. The monoisotopic (exact) mass is 384 g/mol. The number of ether oxygens (including phenoxy) is 1. The third-order valence-electron chi connectivity index (χ3n) is 3.40. The first-order valence-electron chi connectivity index (χ1n) is 8.15. The van der Waals surface area contributed by atoms with Crippen molar-refractivity contribution in [3.8, 4) is 0 Å². The highest BCUT2D eigenvalue weighted by Gasteiger charge is 2.29. The third kappa shape index (κ3) is 4.12. The molecule has 0 saturated carbocycles. The van der Waals surface area contributed by atoms with Crippen LogP contribution in [0, 0.1) is 0 Å². The summed E-state index contributed by atoms with van der Waals surface area (Å²) in [4.78, 5) is 23.2. The molecule has 0 saturated heterocycles. The Morgan fingerprint density at radius 1 is 1.15 bits per heavy atom. The first-order chi connectivity index (χ1) is 12.4. The van der Waals surface area contributed by atoms with Gasteiger partial charge in [-0.2, -0.15) is 5.10 Å². The second-order valence-corrected chi connectivity index (χ2v) is 7.18. The van der Waals surface area contributed by atoms with E-state index in [-0.39, 0.29) is 30.8 Å². The number of carbonyl (C=O) groups excluding carboxylic acids is 1. The van der Waals surface area contributed by atoms with Crippen molar-refractivity contribution in [3.05, 3.63) is 23.9 Å². The molecule has 0 bridgehead atoms. The second kappa shape index (κ2) is 8.44. The number of esters is 1. The molecule has 0 aliphatic carbocycles. The van der Waals surface area contributed by atoms with Crippen LogP contribution >= 0.6 is 7.60 Å². The Morgan fingerprint density at radius 2 is 1.81 bits per heavy atom. The van der Waals surface area contributed by atoms with Crippen LogP contribution < -0.4 is 5.30 Å². The molecule has 26 heavy (non-hydrogen) atoms. The van der Waals surface area contributed by atoms with Crippen LogP contribution in [0.4, 0.5) is 0 Å². The van der Waals surface area contributed by atoms with Crippen LogP contribution in [0.3, 0.4) is 0 Å². The van der Waals surface area contributed by atoms with Crippen LogP contribution in [0.2, 0.25) is 0 Å². The summed E-state index contributed by atoms with van der Waals surface area (Å²) in [7, 11) is -3.56. The average Bonchev–Trinajstić information content (AvgIpc) is 2.93. The van der Waals surface area contributed by atoms with Crippen LogP contribution in [-0.2, 0) is 29.7 Å². The molecule has 1 N–H and O–H groups in total. The number of aliphatic carboxylic acids is 1. The number of benzene rings is 1. The number of hydrogen-bond acceptors (Lipinski definition) is 7. The molecule has 0 radical (unpaired) electrons. The average molecular weight is 384 g/mol. The van der Waals surface area contributed by atoms with E-state index >= 15 is 0 Å². The van der Waals surface area contributed by atoms with Gasteiger partial charge in [0.05, 0.1) is 30.6 Å². The van der Waals surface area contributed by atoms with Gasteiger partial charge in [0.2, 0.25) is 0 Å². The standard InChI is InChI=1S/C16H21N2O7P/c1-4-23-16(21)15-12-8-7-11(26(22,24-5-2)25-6-3)9-13(12)18(17-15)10-14(19)20/h7-9H,4-6,10H2,1-3H3,(H,19,20). The Bertz CT molecular complexity index is 852. The fourth-order valence-electron chi connectivity index (χ4n) is 2.46. The van der Waals surface area contributed by atoms with Gasteiger partial charge in [-0.05, 0) is 39.0 Å². The number of aromatic nitrogens is 2. The summed E-state index contributed by atoms with van der Waals surface area (Å²) in [6.45, 7) is 5.10. The topological polar surface area (TPSA) is 117 Å². The van der Waals surface area contributed by atoms with E-state index in [1.54, 1.807) is 20.8 Å². The Morgan fingerprint density at radius 3 is 2.35 bits per heavy atom. The number of carboxylic acids is 1.